The Bertz CT molecular complexity index is 1140. The van der Waals surface area contributed by atoms with Crippen LogP contribution in [-0.2, 0) is 21.2 Å². The Hall–Kier alpha value is -2.19. The standard InChI is InChI=1S/C21H18ClNO4S2/c22-17-8-6-15(7-9-17)18-10-11-19(28-18)29(26,27)23-21(20(24)25)13-16(21)12-14-4-2-1-3-5-14/h1-11,16,23H,12-13H2,(H,24,25). The number of benzene rings is 2. The number of hydrogen-bond donors (Lipinski definition) is 2. The predicted octanol–water partition coefficient (Wildman–Crippen LogP) is 4.43. The third kappa shape index (κ3) is 4.09. The highest BCUT2D eigenvalue weighted by Crippen LogP contribution is 2.47. The number of carboxylic acids is 1. The van der Waals surface area contributed by atoms with Gasteiger partial charge in [-0.05, 0) is 54.2 Å². The van der Waals surface area contributed by atoms with E-state index in [-0.39, 0.29) is 16.5 Å². The minimum absolute atomic E-state index is 0.0911. The minimum Gasteiger partial charge on any atom is -0.480 e. The molecule has 0 spiro atoms. The van der Waals surface area contributed by atoms with E-state index in [9.17, 15) is 18.3 Å². The minimum atomic E-state index is -3.96. The second kappa shape index (κ2) is 7.57. The Morgan fingerprint density at radius 3 is 2.45 bits per heavy atom. The van der Waals surface area contributed by atoms with Gasteiger partial charge >= 0.3 is 5.97 Å². The van der Waals surface area contributed by atoms with Crippen LogP contribution in [0.15, 0.2) is 70.9 Å². The van der Waals surface area contributed by atoms with Crippen LogP contribution in [0.1, 0.15) is 12.0 Å². The van der Waals surface area contributed by atoms with E-state index in [1.54, 1.807) is 18.2 Å². The van der Waals surface area contributed by atoms with Crippen LogP contribution in [0.25, 0.3) is 10.4 Å². The van der Waals surface area contributed by atoms with E-state index in [0.29, 0.717) is 11.4 Å². The van der Waals surface area contributed by atoms with E-state index < -0.39 is 21.5 Å². The summed E-state index contributed by atoms with van der Waals surface area (Å²) in [7, 11) is -3.96. The molecule has 2 N–H and O–H groups in total. The lowest BCUT2D eigenvalue weighted by Crippen LogP contribution is -2.44. The summed E-state index contributed by atoms with van der Waals surface area (Å²) in [6.07, 6.45) is 0.780. The molecule has 150 valence electrons. The molecule has 0 saturated heterocycles. The van der Waals surface area contributed by atoms with Crippen molar-refractivity contribution in [2.45, 2.75) is 22.6 Å². The quantitative estimate of drug-likeness (QED) is 0.561. The summed E-state index contributed by atoms with van der Waals surface area (Å²) in [6, 6.07) is 19.8. The van der Waals surface area contributed by atoms with Crippen LogP contribution < -0.4 is 4.72 Å². The van der Waals surface area contributed by atoms with Gasteiger partial charge in [-0.15, -0.1) is 11.3 Å². The maximum atomic E-state index is 12.9. The molecule has 29 heavy (non-hydrogen) atoms. The molecule has 1 aliphatic rings. The van der Waals surface area contributed by atoms with Gasteiger partial charge in [-0.1, -0.05) is 54.1 Å². The topological polar surface area (TPSA) is 83.5 Å². The van der Waals surface area contributed by atoms with Gasteiger partial charge in [0, 0.05) is 9.90 Å². The first-order valence-corrected chi connectivity index (χ1v) is 11.6. The van der Waals surface area contributed by atoms with Crippen molar-refractivity contribution in [2.24, 2.45) is 5.92 Å². The first kappa shape index (κ1) is 20.1. The molecule has 1 aromatic heterocycles. The summed E-state index contributed by atoms with van der Waals surface area (Å²) in [4.78, 5) is 12.7. The fraction of sp³-hybridized carbons (Fsp3) is 0.190. The van der Waals surface area contributed by atoms with Crippen LogP contribution >= 0.6 is 22.9 Å². The summed E-state index contributed by atoms with van der Waals surface area (Å²) in [6.45, 7) is 0. The van der Waals surface area contributed by atoms with Crippen molar-refractivity contribution in [3.8, 4) is 10.4 Å². The van der Waals surface area contributed by atoms with Crippen LogP contribution in [0.3, 0.4) is 0 Å². The first-order chi connectivity index (χ1) is 13.8. The average Bonchev–Trinajstić information content (AvgIpc) is 3.14. The molecule has 1 aliphatic carbocycles. The molecule has 0 amide bonds. The number of aliphatic carboxylic acids is 1. The van der Waals surface area contributed by atoms with E-state index in [1.165, 1.54) is 6.07 Å². The molecule has 0 bridgehead atoms. The van der Waals surface area contributed by atoms with Crippen molar-refractivity contribution < 1.29 is 18.3 Å². The van der Waals surface area contributed by atoms with Crippen LogP contribution in [0.2, 0.25) is 5.02 Å². The summed E-state index contributed by atoms with van der Waals surface area (Å²) in [5, 5.41) is 10.3. The van der Waals surface area contributed by atoms with Crippen LogP contribution in [-0.4, -0.2) is 25.0 Å². The van der Waals surface area contributed by atoms with Gasteiger partial charge in [0.1, 0.15) is 9.75 Å². The number of carbonyl (C=O) groups is 1. The number of halogens is 1. The largest absolute Gasteiger partial charge is 0.480 e. The molecule has 1 fully saturated rings. The van der Waals surface area contributed by atoms with Crippen LogP contribution in [0.4, 0.5) is 0 Å². The Kier molecular flexibility index (Phi) is 5.25. The van der Waals surface area contributed by atoms with Crippen molar-refractivity contribution in [1.82, 2.24) is 4.72 Å². The third-order valence-corrected chi connectivity index (χ3v) is 8.49. The van der Waals surface area contributed by atoms with E-state index in [1.807, 2.05) is 42.5 Å². The van der Waals surface area contributed by atoms with Gasteiger partial charge < -0.3 is 5.11 Å². The smallest absolute Gasteiger partial charge is 0.325 e. The number of hydrogen-bond acceptors (Lipinski definition) is 4. The molecular weight excluding hydrogens is 430 g/mol. The summed E-state index contributed by atoms with van der Waals surface area (Å²) >= 11 is 7.00. The van der Waals surface area contributed by atoms with Gasteiger partial charge in [0.05, 0.1) is 0 Å². The summed E-state index contributed by atoms with van der Waals surface area (Å²) in [5.41, 5.74) is 0.377. The zero-order valence-corrected chi connectivity index (χ0v) is 17.6. The van der Waals surface area contributed by atoms with Crippen molar-refractivity contribution in [3.05, 3.63) is 77.3 Å². The van der Waals surface area contributed by atoms with E-state index in [0.717, 1.165) is 27.3 Å². The number of thiophene rings is 1. The Balaban J connectivity index is 1.54. The predicted molar refractivity (Wildman–Crippen MR) is 114 cm³/mol. The molecule has 5 nitrogen and oxygen atoms in total. The van der Waals surface area contributed by atoms with Crippen molar-refractivity contribution in [3.63, 3.8) is 0 Å². The molecule has 4 rings (SSSR count). The SMILES string of the molecule is O=C(O)C1(NS(=O)(=O)c2ccc(-c3ccc(Cl)cc3)s2)CC1Cc1ccccc1. The number of sulfonamides is 1. The van der Waals surface area contributed by atoms with Gasteiger partial charge in [-0.3, -0.25) is 4.79 Å². The maximum absolute atomic E-state index is 12.9. The molecule has 3 aromatic rings. The van der Waals surface area contributed by atoms with Crippen LogP contribution in [0, 0.1) is 5.92 Å². The monoisotopic (exact) mass is 447 g/mol. The van der Waals surface area contributed by atoms with Crippen molar-refractivity contribution in [2.75, 3.05) is 0 Å². The third-order valence-electron chi connectivity index (χ3n) is 5.10. The van der Waals surface area contributed by atoms with Crippen molar-refractivity contribution in [1.29, 1.82) is 0 Å². The lowest BCUT2D eigenvalue weighted by molar-refractivity contribution is -0.140. The highest BCUT2D eigenvalue weighted by atomic mass is 35.5. The van der Waals surface area contributed by atoms with Gasteiger partial charge in [0.2, 0.25) is 0 Å². The molecule has 8 heteroatoms. The number of rotatable bonds is 7. The summed E-state index contributed by atoms with van der Waals surface area (Å²) < 4.78 is 28.4. The fourth-order valence-electron chi connectivity index (χ4n) is 3.43. The maximum Gasteiger partial charge on any atom is 0.325 e. The molecule has 1 saturated carbocycles. The Morgan fingerprint density at radius 2 is 1.79 bits per heavy atom. The highest BCUT2D eigenvalue weighted by Gasteiger charge is 2.62. The molecule has 0 aliphatic heterocycles. The normalized spacial score (nSPS) is 21.1. The lowest BCUT2D eigenvalue weighted by Gasteiger charge is -2.14. The van der Waals surface area contributed by atoms with E-state index >= 15 is 0 Å². The fourth-order valence-corrected chi connectivity index (χ4v) is 6.30. The van der Waals surface area contributed by atoms with Gasteiger partial charge in [-0.2, -0.15) is 4.72 Å². The Labute approximate surface area is 178 Å². The molecular formula is C21H18ClNO4S2. The van der Waals surface area contributed by atoms with Crippen LogP contribution in [0.5, 0.6) is 0 Å². The Morgan fingerprint density at radius 1 is 1.10 bits per heavy atom. The average molecular weight is 448 g/mol. The van der Waals surface area contributed by atoms with Crippen molar-refractivity contribution >= 4 is 38.9 Å². The summed E-state index contributed by atoms with van der Waals surface area (Å²) in [5.74, 6) is -1.43. The van der Waals surface area contributed by atoms with E-state index in [4.69, 9.17) is 11.6 Å². The number of nitrogens with one attached hydrogen (secondary N) is 1. The molecule has 2 unspecified atom stereocenters. The zero-order chi connectivity index (χ0) is 20.6. The lowest BCUT2D eigenvalue weighted by atomic mass is 10.1. The second-order valence-electron chi connectivity index (χ2n) is 7.10. The van der Waals surface area contributed by atoms with E-state index in [2.05, 4.69) is 4.72 Å². The number of carboxylic acid groups (broad SMARTS) is 1. The second-order valence-corrected chi connectivity index (χ2v) is 10.5. The van der Waals surface area contributed by atoms with Gasteiger partial charge in [0.15, 0.2) is 0 Å². The highest BCUT2D eigenvalue weighted by molar-refractivity contribution is 7.91. The molecule has 1 heterocycles. The first-order valence-electron chi connectivity index (χ1n) is 8.97. The molecule has 0 radical (unpaired) electrons. The zero-order valence-electron chi connectivity index (χ0n) is 15.2. The van der Waals surface area contributed by atoms with Gasteiger partial charge in [0.25, 0.3) is 10.0 Å². The molecule has 2 atom stereocenters. The molecule has 2 aromatic carbocycles. The van der Waals surface area contributed by atoms with Gasteiger partial charge in [-0.25, -0.2) is 8.42 Å².